The predicted octanol–water partition coefficient (Wildman–Crippen LogP) is -10.2. The van der Waals surface area contributed by atoms with E-state index in [1.165, 1.54) is 0 Å². The summed E-state index contributed by atoms with van der Waals surface area (Å²) in [6, 6.07) is -2.55. The molecule has 0 saturated heterocycles. The second kappa shape index (κ2) is 28.7. The van der Waals surface area contributed by atoms with E-state index in [4.69, 9.17) is 17.9 Å². The SMILES string of the molecule is [3H]C(=O)CCC(CC(=O)C(CCC(=O)NCCCC[NH3+])NC(=O)C(CCC(=O)NCCO)CC(=O)C(N)CCC(=O)[O-])C(N)=O.[Cl-].[Na+]. The summed E-state index contributed by atoms with van der Waals surface area (Å²) in [5, 5.41) is 27.3. The Balaban J connectivity index is -0.00000968. The van der Waals surface area contributed by atoms with Gasteiger partial charge in [-0.15, -0.1) is 0 Å². The molecule has 4 amide bonds. The van der Waals surface area contributed by atoms with Crippen molar-refractivity contribution in [2.45, 2.75) is 89.1 Å². The number of carboxylic acid groups (broad SMARTS) is 1. The Labute approximate surface area is 298 Å². The molecule has 0 saturated carbocycles. The van der Waals surface area contributed by atoms with Gasteiger partial charge in [0.1, 0.15) is 13.4 Å². The molecule has 16 nitrogen and oxygen atoms in total. The molecule has 0 bridgehead atoms. The first-order valence-electron chi connectivity index (χ1n) is 15.2. The number of carbonyl (C=O) groups is 8. The van der Waals surface area contributed by atoms with Crippen LogP contribution in [0.15, 0.2) is 0 Å². The number of amides is 4. The second-order valence-electron chi connectivity index (χ2n) is 10.5. The van der Waals surface area contributed by atoms with Crippen LogP contribution in [0, 0.1) is 11.8 Å². The summed E-state index contributed by atoms with van der Waals surface area (Å²) in [5.41, 5.74) is 14.9. The van der Waals surface area contributed by atoms with Gasteiger partial charge in [0.2, 0.25) is 23.6 Å². The Morgan fingerprint density at radius 1 is 0.870 bits per heavy atom. The van der Waals surface area contributed by atoms with Crippen molar-refractivity contribution in [3.05, 3.63) is 0 Å². The summed E-state index contributed by atoms with van der Waals surface area (Å²) >= 11 is 0. The van der Waals surface area contributed by atoms with Crippen molar-refractivity contribution in [3.63, 3.8) is 0 Å². The Kier molecular flexibility index (Phi) is 28.5. The van der Waals surface area contributed by atoms with E-state index in [1.54, 1.807) is 0 Å². The minimum absolute atomic E-state index is 0. The maximum atomic E-state index is 13.4. The fraction of sp³-hybridized carbons (Fsp3) is 0.714. The quantitative estimate of drug-likeness (QED) is 0.0241. The van der Waals surface area contributed by atoms with Crippen molar-refractivity contribution in [1.29, 1.82) is 0 Å². The smallest absolute Gasteiger partial charge is 1.00 e. The first-order valence-corrected chi connectivity index (χ1v) is 14.7. The van der Waals surface area contributed by atoms with Crippen LogP contribution in [0.2, 0.25) is 0 Å². The van der Waals surface area contributed by atoms with Gasteiger partial charge in [-0.25, -0.2) is 0 Å². The van der Waals surface area contributed by atoms with Crippen molar-refractivity contribution in [2.24, 2.45) is 23.3 Å². The number of Topliss-reactive ketones (excluding diaryl/α,β-unsaturated/α-hetero) is 2. The van der Waals surface area contributed by atoms with Gasteiger partial charge in [0.25, 0.3) is 0 Å². The number of rotatable bonds is 27. The van der Waals surface area contributed by atoms with Gasteiger partial charge < -0.3 is 65.4 Å². The van der Waals surface area contributed by atoms with Crippen molar-refractivity contribution in [3.8, 4) is 0 Å². The first-order chi connectivity index (χ1) is 21.2. The molecule has 46 heavy (non-hydrogen) atoms. The van der Waals surface area contributed by atoms with Gasteiger partial charge >= 0.3 is 29.6 Å². The zero-order valence-corrected chi connectivity index (χ0v) is 29.2. The zero-order chi connectivity index (χ0) is 34.4. The molecular weight excluding hydrogens is 639 g/mol. The third-order valence-electron chi connectivity index (χ3n) is 6.85. The normalized spacial score (nSPS) is 13.2. The molecule has 0 fully saturated rings. The molecular formula is C28H48ClN6NaO10. The van der Waals surface area contributed by atoms with Crippen molar-refractivity contribution < 1.29 is 97.6 Å². The second-order valence-corrected chi connectivity index (χ2v) is 10.5. The van der Waals surface area contributed by atoms with Crippen molar-refractivity contribution in [2.75, 3.05) is 26.2 Å². The topological polar surface area (TPSA) is 296 Å². The molecule has 0 heterocycles. The Hall–Kier alpha value is -2.47. The molecule has 11 N–H and O–H groups in total. The number of nitrogens with two attached hydrogens (primary N) is 2. The van der Waals surface area contributed by atoms with Crippen LogP contribution in [0.25, 0.3) is 0 Å². The minimum Gasteiger partial charge on any atom is -1.00 e. The molecule has 0 radical (unpaired) electrons. The van der Waals surface area contributed by atoms with Gasteiger partial charge in [-0.1, -0.05) is 0 Å². The maximum absolute atomic E-state index is 13.4. The van der Waals surface area contributed by atoms with E-state index in [2.05, 4.69) is 21.7 Å². The largest absolute Gasteiger partial charge is 1.00 e. The van der Waals surface area contributed by atoms with E-state index in [0.717, 1.165) is 6.42 Å². The van der Waals surface area contributed by atoms with Crippen LogP contribution in [-0.4, -0.2) is 90.9 Å². The number of carboxylic acids is 1. The van der Waals surface area contributed by atoms with Crippen molar-refractivity contribution in [1.82, 2.24) is 16.0 Å². The summed E-state index contributed by atoms with van der Waals surface area (Å²) in [7, 11) is 0. The molecule has 18 heteroatoms. The van der Waals surface area contributed by atoms with Gasteiger partial charge in [-0.2, -0.15) is 0 Å². The third kappa shape index (κ3) is 22.9. The fourth-order valence-electron chi connectivity index (χ4n) is 4.20. The van der Waals surface area contributed by atoms with Gasteiger partial charge in [0.15, 0.2) is 5.78 Å². The summed E-state index contributed by atoms with van der Waals surface area (Å²) in [5.74, 6) is -7.69. The Morgan fingerprint density at radius 2 is 1.46 bits per heavy atom. The molecule has 0 spiro atoms. The molecule has 4 atom stereocenters. The molecule has 0 aromatic carbocycles. The van der Waals surface area contributed by atoms with Crippen LogP contribution < -0.4 is 80.2 Å². The van der Waals surface area contributed by atoms with E-state index < -0.39 is 90.6 Å². The molecule has 0 aromatic heterocycles. The predicted molar refractivity (Wildman–Crippen MR) is 153 cm³/mol. The third-order valence-corrected chi connectivity index (χ3v) is 6.85. The van der Waals surface area contributed by atoms with Gasteiger partial charge in [-0.05, 0) is 44.9 Å². The number of aliphatic carboxylic acids is 1. The number of hydrogen-bond donors (Lipinski definition) is 7. The summed E-state index contributed by atoms with van der Waals surface area (Å²) in [4.78, 5) is 97.8. The number of aliphatic hydroxyl groups is 1. The van der Waals surface area contributed by atoms with Crippen LogP contribution in [-0.2, 0) is 38.4 Å². The van der Waals surface area contributed by atoms with Gasteiger partial charge in [-0.3, -0.25) is 28.8 Å². The Morgan fingerprint density at radius 3 is 2.00 bits per heavy atom. The number of aldehydes is 1. The maximum Gasteiger partial charge on any atom is 1.00 e. The molecule has 0 aromatic rings. The standard InChI is InChI=1S/C28H48N6O10.ClH.Na/c29-11-1-2-12-32-25(40)9-7-21(23(38)16-18(27(31)43)4-3-14-35)34-28(44)19(5-8-24(39)33-13-15-36)17-22(37)20(30)6-10-26(41)42;;/h14,18-21,36H,1-13,15-17,29-30H2,(H2,31,43)(H,32,40)(H,33,39)(H,34,44)(H,41,42);1H;/q;;+1/p-1/i14T;;. The molecule has 0 aliphatic rings. The number of unbranched alkanes of at least 4 members (excludes halogenated alkanes) is 1. The molecule has 0 aliphatic carbocycles. The summed E-state index contributed by atoms with van der Waals surface area (Å²) < 4.78 is 7.06. The summed E-state index contributed by atoms with van der Waals surface area (Å²) in [6.45, 7) is 0.713. The van der Waals surface area contributed by atoms with Crippen LogP contribution in [0.3, 0.4) is 0 Å². The number of primary amides is 1. The number of hydrogen-bond acceptors (Lipinski definition) is 11. The fourth-order valence-corrected chi connectivity index (χ4v) is 4.20. The number of nitrogens with one attached hydrogen (secondary N) is 3. The zero-order valence-electron chi connectivity index (χ0n) is 27.5. The van der Waals surface area contributed by atoms with E-state index in [0.29, 0.717) is 19.5 Å². The molecule has 258 valence electrons. The minimum atomic E-state index is -1.41. The number of halogens is 1. The number of aliphatic hydroxyl groups excluding tert-OH is 1. The monoisotopic (exact) mass is 688 g/mol. The molecule has 4 unspecified atom stereocenters. The van der Waals surface area contributed by atoms with Gasteiger partial charge in [0.05, 0.1) is 25.2 Å². The first kappa shape index (κ1) is 45.7. The van der Waals surface area contributed by atoms with Crippen LogP contribution in [0.5, 0.6) is 0 Å². The van der Waals surface area contributed by atoms with Gasteiger partial charge in [0, 0.05) is 63.0 Å². The van der Waals surface area contributed by atoms with Crippen molar-refractivity contribution >= 4 is 47.4 Å². The van der Waals surface area contributed by atoms with Crippen LogP contribution in [0.4, 0.5) is 0 Å². The van der Waals surface area contributed by atoms with Crippen LogP contribution in [0.1, 0.15) is 78.4 Å². The average Bonchev–Trinajstić information content (AvgIpc) is 2.98. The van der Waals surface area contributed by atoms with E-state index in [1.807, 2.05) is 0 Å². The van der Waals surface area contributed by atoms with E-state index >= 15 is 0 Å². The number of carbonyl (C=O) groups excluding carboxylic acids is 8. The van der Waals surface area contributed by atoms with E-state index in [-0.39, 0.29) is 100 Å². The number of ketones is 2. The average molecular weight is 689 g/mol. The molecule has 0 rings (SSSR count). The molecule has 0 aliphatic heterocycles. The summed E-state index contributed by atoms with van der Waals surface area (Å²) in [6.07, 6.45) is -2.46. The van der Waals surface area contributed by atoms with E-state index in [9.17, 15) is 43.5 Å². The Bertz CT molecular complexity index is 1040. The van der Waals surface area contributed by atoms with Crippen LogP contribution >= 0.6 is 0 Å². The number of quaternary nitrogens is 1.